The lowest BCUT2D eigenvalue weighted by Gasteiger charge is -2.14. The smallest absolute Gasteiger partial charge is 0.344 e. The van der Waals surface area contributed by atoms with Crippen LogP contribution in [0.5, 0.6) is 5.75 Å². The molecule has 1 aliphatic rings. The van der Waals surface area contributed by atoms with Crippen LogP contribution in [0.3, 0.4) is 0 Å². The summed E-state index contributed by atoms with van der Waals surface area (Å²) in [4.78, 5) is 40.2. The SMILES string of the molecule is Cc1ccccc1CN1C(=O)S/C(=C\c2ccccc2OC(=O)c2cccc3ccccc23)C1=O. The highest BCUT2D eigenvalue weighted by Crippen LogP contribution is 2.35. The molecular formula is C29H21NO4S. The van der Waals surface area contributed by atoms with E-state index in [9.17, 15) is 14.4 Å². The van der Waals surface area contributed by atoms with Crippen molar-refractivity contribution in [3.8, 4) is 5.75 Å². The second-order valence-corrected chi connectivity index (χ2v) is 9.14. The summed E-state index contributed by atoms with van der Waals surface area (Å²) in [6, 6.07) is 27.7. The average molecular weight is 480 g/mol. The number of nitrogens with zero attached hydrogens (tertiary/aromatic N) is 1. The molecule has 2 amide bonds. The molecule has 1 heterocycles. The first-order valence-electron chi connectivity index (χ1n) is 11.1. The van der Waals surface area contributed by atoms with Gasteiger partial charge in [0.2, 0.25) is 0 Å². The number of esters is 1. The number of hydrogen-bond donors (Lipinski definition) is 0. The van der Waals surface area contributed by atoms with Crippen LogP contribution < -0.4 is 4.74 Å². The highest BCUT2D eigenvalue weighted by molar-refractivity contribution is 8.18. The summed E-state index contributed by atoms with van der Waals surface area (Å²) in [5.74, 6) is -0.537. The molecule has 0 aromatic heterocycles. The van der Waals surface area contributed by atoms with E-state index in [0.29, 0.717) is 16.9 Å². The zero-order valence-electron chi connectivity index (χ0n) is 18.9. The van der Waals surface area contributed by atoms with E-state index in [4.69, 9.17) is 4.74 Å². The van der Waals surface area contributed by atoms with Crippen molar-refractivity contribution in [3.63, 3.8) is 0 Å². The molecule has 172 valence electrons. The van der Waals surface area contributed by atoms with Crippen LogP contribution in [-0.4, -0.2) is 22.0 Å². The largest absolute Gasteiger partial charge is 0.422 e. The molecule has 6 heteroatoms. The van der Waals surface area contributed by atoms with Gasteiger partial charge in [0.1, 0.15) is 5.75 Å². The minimum absolute atomic E-state index is 0.215. The van der Waals surface area contributed by atoms with Crippen molar-refractivity contribution < 1.29 is 19.1 Å². The number of ether oxygens (including phenoxy) is 1. The van der Waals surface area contributed by atoms with Crippen molar-refractivity contribution in [1.82, 2.24) is 4.90 Å². The van der Waals surface area contributed by atoms with Gasteiger partial charge >= 0.3 is 5.97 Å². The van der Waals surface area contributed by atoms with E-state index in [1.54, 1.807) is 36.4 Å². The summed E-state index contributed by atoms with van der Waals surface area (Å²) in [5, 5.41) is 1.42. The predicted molar refractivity (Wildman–Crippen MR) is 138 cm³/mol. The summed E-state index contributed by atoms with van der Waals surface area (Å²) < 4.78 is 5.75. The third-order valence-electron chi connectivity index (χ3n) is 5.88. The van der Waals surface area contributed by atoms with E-state index in [0.717, 1.165) is 33.7 Å². The second kappa shape index (κ2) is 9.60. The van der Waals surface area contributed by atoms with Gasteiger partial charge in [0.05, 0.1) is 17.0 Å². The summed E-state index contributed by atoms with van der Waals surface area (Å²) in [5.41, 5.74) is 2.93. The van der Waals surface area contributed by atoms with Gasteiger partial charge in [-0.25, -0.2) is 4.79 Å². The fourth-order valence-corrected chi connectivity index (χ4v) is 4.82. The normalized spacial score (nSPS) is 14.7. The topological polar surface area (TPSA) is 63.7 Å². The molecule has 0 aliphatic carbocycles. The van der Waals surface area contributed by atoms with Crippen molar-refractivity contribution in [2.75, 3.05) is 0 Å². The Labute approximate surface area is 207 Å². The number of imide groups is 1. The Balaban J connectivity index is 1.41. The molecule has 0 bridgehead atoms. The molecular weight excluding hydrogens is 458 g/mol. The Kier molecular flexibility index (Phi) is 6.21. The lowest BCUT2D eigenvalue weighted by Crippen LogP contribution is -2.27. The van der Waals surface area contributed by atoms with Gasteiger partial charge in [0.15, 0.2) is 0 Å². The number of amides is 2. The minimum Gasteiger partial charge on any atom is -0.422 e. The first kappa shape index (κ1) is 22.6. The first-order valence-corrected chi connectivity index (χ1v) is 11.9. The molecule has 1 fully saturated rings. The van der Waals surface area contributed by atoms with Crippen molar-refractivity contribution in [1.29, 1.82) is 0 Å². The van der Waals surface area contributed by atoms with Gasteiger partial charge in [-0.2, -0.15) is 0 Å². The maximum atomic E-state index is 13.0. The summed E-state index contributed by atoms with van der Waals surface area (Å²) >= 11 is 0.886. The third kappa shape index (κ3) is 4.61. The van der Waals surface area contributed by atoms with Crippen LogP contribution >= 0.6 is 11.8 Å². The van der Waals surface area contributed by atoms with Crippen molar-refractivity contribution in [2.24, 2.45) is 0 Å². The molecule has 5 nitrogen and oxygen atoms in total. The molecule has 35 heavy (non-hydrogen) atoms. The molecule has 0 N–H and O–H groups in total. The number of rotatable bonds is 5. The lowest BCUT2D eigenvalue weighted by molar-refractivity contribution is -0.123. The predicted octanol–water partition coefficient (Wildman–Crippen LogP) is 6.60. The van der Waals surface area contributed by atoms with Gasteiger partial charge in [0, 0.05) is 5.56 Å². The molecule has 1 aliphatic heterocycles. The van der Waals surface area contributed by atoms with Crippen molar-refractivity contribution in [2.45, 2.75) is 13.5 Å². The van der Waals surface area contributed by atoms with Gasteiger partial charge in [-0.05, 0) is 58.8 Å². The van der Waals surface area contributed by atoms with Gasteiger partial charge in [-0.1, -0.05) is 78.9 Å². The highest BCUT2D eigenvalue weighted by Gasteiger charge is 2.35. The van der Waals surface area contributed by atoms with Gasteiger partial charge in [0.25, 0.3) is 11.1 Å². The van der Waals surface area contributed by atoms with Gasteiger partial charge < -0.3 is 4.74 Å². The van der Waals surface area contributed by atoms with Crippen LogP contribution in [-0.2, 0) is 11.3 Å². The van der Waals surface area contributed by atoms with Crippen LogP contribution in [0.1, 0.15) is 27.0 Å². The van der Waals surface area contributed by atoms with Gasteiger partial charge in [-0.3, -0.25) is 14.5 Å². The second-order valence-electron chi connectivity index (χ2n) is 8.15. The molecule has 0 unspecified atom stereocenters. The Bertz CT molecular complexity index is 1500. The number of hydrogen-bond acceptors (Lipinski definition) is 5. The number of fused-ring (bicyclic) bond motifs is 1. The van der Waals surface area contributed by atoms with Crippen molar-refractivity contribution in [3.05, 3.63) is 118 Å². The number of carbonyl (C=O) groups excluding carboxylic acids is 3. The number of para-hydroxylation sites is 1. The fraction of sp³-hybridized carbons (Fsp3) is 0.0690. The summed E-state index contributed by atoms with van der Waals surface area (Å²) in [7, 11) is 0. The number of aryl methyl sites for hydroxylation is 1. The van der Waals surface area contributed by atoms with E-state index in [1.165, 1.54) is 4.90 Å². The molecule has 0 spiro atoms. The number of carbonyl (C=O) groups is 3. The third-order valence-corrected chi connectivity index (χ3v) is 6.79. The first-order chi connectivity index (χ1) is 17.0. The van der Waals surface area contributed by atoms with Crippen LogP contribution in [0.25, 0.3) is 16.8 Å². The maximum Gasteiger partial charge on any atom is 0.344 e. The zero-order chi connectivity index (χ0) is 24.4. The Morgan fingerprint density at radius 2 is 1.60 bits per heavy atom. The molecule has 4 aromatic rings. The molecule has 0 saturated carbocycles. The Morgan fingerprint density at radius 1 is 0.886 bits per heavy atom. The van der Waals surface area contributed by atoms with E-state index in [1.807, 2.05) is 67.6 Å². The standard InChI is InChI=1S/C29H21NO4S/c1-19-9-2-3-12-22(19)18-30-27(31)26(35-29(30)33)17-21-11-5-7-16-25(21)34-28(32)24-15-8-13-20-10-4-6-14-23(20)24/h2-17H,18H2,1H3/b26-17-. The fourth-order valence-electron chi connectivity index (χ4n) is 3.99. The minimum atomic E-state index is -0.490. The van der Waals surface area contributed by atoms with Crippen LogP contribution in [0.4, 0.5) is 4.79 Å². The van der Waals surface area contributed by atoms with E-state index < -0.39 is 5.97 Å². The van der Waals surface area contributed by atoms with Crippen LogP contribution in [0, 0.1) is 6.92 Å². The lowest BCUT2D eigenvalue weighted by atomic mass is 10.0. The van der Waals surface area contributed by atoms with E-state index in [2.05, 4.69) is 0 Å². The molecule has 5 rings (SSSR count). The molecule has 0 atom stereocenters. The van der Waals surface area contributed by atoms with Crippen LogP contribution in [0.15, 0.2) is 95.9 Å². The Hall–Kier alpha value is -4.16. The Morgan fingerprint density at radius 3 is 2.46 bits per heavy atom. The van der Waals surface area contributed by atoms with Crippen molar-refractivity contribution >= 4 is 45.7 Å². The molecule has 4 aromatic carbocycles. The quantitative estimate of drug-likeness (QED) is 0.183. The van der Waals surface area contributed by atoms with Gasteiger partial charge in [-0.15, -0.1) is 0 Å². The molecule has 0 radical (unpaired) electrons. The monoisotopic (exact) mass is 479 g/mol. The summed E-state index contributed by atoms with van der Waals surface area (Å²) in [6.07, 6.45) is 1.61. The average Bonchev–Trinajstić information content (AvgIpc) is 3.13. The van der Waals surface area contributed by atoms with E-state index in [-0.39, 0.29) is 22.6 Å². The zero-order valence-corrected chi connectivity index (χ0v) is 19.7. The van der Waals surface area contributed by atoms with Crippen LogP contribution in [0.2, 0.25) is 0 Å². The summed E-state index contributed by atoms with van der Waals surface area (Å²) in [6.45, 7) is 2.16. The van der Waals surface area contributed by atoms with E-state index >= 15 is 0 Å². The number of thioether (sulfide) groups is 1. The molecule has 1 saturated heterocycles. The number of benzene rings is 4. The maximum absolute atomic E-state index is 13.0. The highest BCUT2D eigenvalue weighted by atomic mass is 32.2.